The summed E-state index contributed by atoms with van der Waals surface area (Å²) in [4.78, 5) is 36.3. The summed E-state index contributed by atoms with van der Waals surface area (Å²) in [5.74, 6) is -1.96. The fourth-order valence-electron chi connectivity index (χ4n) is 1.97. The number of halogens is 2. The molecule has 1 aromatic carbocycles. The number of carbonyl (C=O) groups is 3. The smallest absolute Gasteiger partial charge is 0.330 e. The molecular formula is C14H11Cl2NO4. The third kappa shape index (κ3) is 2.94. The van der Waals surface area contributed by atoms with E-state index in [1.165, 1.54) is 29.2 Å². The fourth-order valence-corrected chi connectivity index (χ4v) is 2.47. The third-order valence-corrected chi connectivity index (χ3v) is 3.46. The summed E-state index contributed by atoms with van der Waals surface area (Å²) in [5.41, 5.74) is 0.367. The first-order valence-electron chi connectivity index (χ1n) is 6.14. The van der Waals surface area contributed by atoms with Gasteiger partial charge < -0.3 is 4.74 Å². The Labute approximate surface area is 131 Å². The van der Waals surface area contributed by atoms with Crippen LogP contribution in [0.2, 0.25) is 10.0 Å². The van der Waals surface area contributed by atoms with Gasteiger partial charge in [-0.15, -0.1) is 0 Å². The van der Waals surface area contributed by atoms with Gasteiger partial charge in [-0.2, -0.15) is 0 Å². The first-order chi connectivity index (χ1) is 9.97. The first-order valence-corrected chi connectivity index (χ1v) is 6.90. The van der Waals surface area contributed by atoms with E-state index in [1.807, 2.05) is 0 Å². The number of fused-ring (bicyclic) bond motifs is 1. The van der Waals surface area contributed by atoms with Crippen LogP contribution in [-0.2, 0) is 14.3 Å². The van der Waals surface area contributed by atoms with Gasteiger partial charge in [-0.3, -0.25) is 14.5 Å². The summed E-state index contributed by atoms with van der Waals surface area (Å²) in [7, 11) is 0. The van der Waals surface area contributed by atoms with Crippen molar-refractivity contribution in [3.8, 4) is 0 Å². The Morgan fingerprint density at radius 3 is 2.62 bits per heavy atom. The molecule has 0 bridgehead atoms. The van der Waals surface area contributed by atoms with Crippen LogP contribution in [0.25, 0.3) is 0 Å². The lowest BCUT2D eigenvalue weighted by Gasteiger charge is -2.15. The van der Waals surface area contributed by atoms with Gasteiger partial charge in [0.15, 0.2) is 0 Å². The van der Waals surface area contributed by atoms with Crippen LogP contribution >= 0.6 is 23.2 Å². The molecule has 0 aliphatic carbocycles. The van der Waals surface area contributed by atoms with Gasteiger partial charge in [-0.05, 0) is 19.1 Å². The fraction of sp³-hybridized carbons (Fsp3) is 0.214. The number of ether oxygens (including phenoxy) is 1. The molecule has 0 atom stereocenters. The molecule has 0 radical (unpaired) electrons. The predicted octanol–water partition coefficient (Wildman–Crippen LogP) is 2.64. The molecule has 0 aromatic heterocycles. The van der Waals surface area contributed by atoms with Crippen molar-refractivity contribution in [2.24, 2.45) is 0 Å². The predicted molar refractivity (Wildman–Crippen MR) is 78.9 cm³/mol. The van der Waals surface area contributed by atoms with Crippen LogP contribution in [0, 0.1) is 0 Å². The molecule has 1 aliphatic heterocycles. The molecule has 7 heteroatoms. The zero-order valence-electron chi connectivity index (χ0n) is 11.1. The summed E-state index contributed by atoms with van der Waals surface area (Å²) in [6.45, 7) is 1.97. The molecule has 1 aliphatic rings. The minimum atomic E-state index is -0.728. The molecule has 21 heavy (non-hydrogen) atoms. The Balaban J connectivity index is 2.28. The Kier molecular flexibility index (Phi) is 4.65. The lowest BCUT2D eigenvalue weighted by molar-refractivity contribution is -0.137. The minimum absolute atomic E-state index is 0.0243. The summed E-state index contributed by atoms with van der Waals surface area (Å²) in [5, 5.41) is 0.419. The van der Waals surface area contributed by atoms with E-state index in [4.69, 9.17) is 27.9 Å². The number of rotatable bonds is 4. The van der Waals surface area contributed by atoms with Gasteiger partial charge in [0.1, 0.15) is 0 Å². The van der Waals surface area contributed by atoms with E-state index in [1.54, 1.807) is 6.92 Å². The maximum absolute atomic E-state index is 12.0. The summed E-state index contributed by atoms with van der Waals surface area (Å²) < 4.78 is 4.72. The van der Waals surface area contributed by atoms with E-state index >= 15 is 0 Å². The largest absolute Gasteiger partial charge is 0.463 e. The number of ketones is 1. The van der Waals surface area contributed by atoms with Crippen molar-refractivity contribution in [2.75, 3.05) is 18.1 Å². The van der Waals surface area contributed by atoms with Crippen molar-refractivity contribution in [1.29, 1.82) is 0 Å². The number of anilines is 1. The van der Waals surface area contributed by atoms with Crippen molar-refractivity contribution in [3.05, 3.63) is 39.9 Å². The number of Topliss-reactive ketones (excluding diaryl/α,β-unsaturated/α-hetero) is 1. The lowest BCUT2D eigenvalue weighted by Crippen LogP contribution is -2.30. The van der Waals surface area contributed by atoms with Gasteiger partial charge in [0.25, 0.3) is 11.7 Å². The van der Waals surface area contributed by atoms with Crippen molar-refractivity contribution >= 4 is 46.5 Å². The maximum atomic E-state index is 12.0. The summed E-state index contributed by atoms with van der Waals surface area (Å²) in [6, 6.07) is 2.97. The molecule has 1 heterocycles. The number of nitrogens with zero attached hydrogens (tertiary/aromatic N) is 1. The molecular weight excluding hydrogens is 317 g/mol. The van der Waals surface area contributed by atoms with Gasteiger partial charge in [0, 0.05) is 12.6 Å². The van der Waals surface area contributed by atoms with Gasteiger partial charge >= 0.3 is 5.97 Å². The highest BCUT2D eigenvalue weighted by Crippen LogP contribution is 2.39. The number of amides is 1. The average Bonchev–Trinajstić information content (AvgIpc) is 2.69. The Morgan fingerprint density at radius 2 is 1.95 bits per heavy atom. The molecule has 1 aromatic rings. The van der Waals surface area contributed by atoms with Crippen molar-refractivity contribution in [1.82, 2.24) is 0 Å². The highest BCUT2D eigenvalue weighted by atomic mass is 35.5. The lowest BCUT2D eigenvalue weighted by atomic mass is 10.1. The number of benzene rings is 1. The second-order valence-corrected chi connectivity index (χ2v) is 4.97. The minimum Gasteiger partial charge on any atom is -0.463 e. The monoisotopic (exact) mass is 327 g/mol. The van der Waals surface area contributed by atoms with Crippen LogP contribution in [-0.4, -0.2) is 30.8 Å². The first kappa shape index (κ1) is 15.5. The molecule has 0 saturated heterocycles. The number of esters is 1. The molecule has 0 N–H and O–H groups in total. The van der Waals surface area contributed by atoms with Crippen LogP contribution in [0.15, 0.2) is 24.3 Å². The van der Waals surface area contributed by atoms with Crippen LogP contribution in [0.5, 0.6) is 0 Å². The van der Waals surface area contributed by atoms with Crippen molar-refractivity contribution in [2.45, 2.75) is 6.92 Å². The second-order valence-electron chi connectivity index (χ2n) is 4.15. The van der Waals surface area contributed by atoms with E-state index in [9.17, 15) is 14.4 Å². The molecule has 110 valence electrons. The zero-order chi connectivity index (χ0) is 15.6. The summed E-state index contributed by atoms with van der Waals surface area (Å²) >= 11 is 12.0. The Bertz CT molecular complexity index is 655. The van der Waals surface area contributed by atoms with Crippen LogP contribution in [0.3, 0.4) is 0 Å². The number of carbonyl (C=O) groups excluding carboxylic acids is 3. The van der Waals surface area contributed by atoms with Crippen LogP contribution < -0.4 is 4.90 Å². The van der Waals surface area contributed by atoms with E-state index in [0.29, 0.717) is 0 Å². The van der Waals surface area contributed by atoms with E-state index in [0.717, 1.165) is 0 Å². The third-order valence-electron chi connectivity index (χ3n) is 2.84. The van der Waals surface area contributed by atoms with Crippen molar-refractivity contribution < 1.29 is 19.1 Å². The quantitative estimate of drug-likeness (QED) is 0.484. The van der Waals surface area contributed by atoms with Crippen molar-refractivity contribution in [3.63, 3.8) is 0 Å². The average molecular weight is 328 g/mol. The van der Waals surface area contributed by atoms with E-state index in [-0.39, 0.29) is 34.4 Å². The molecule has 0 saturated carbocycles. The summed E-state index contributed by atoms with van der Waals surface area (Å²) in [6.07, 6.45) is 2.62. The van der Waals surface area contributed by atoms with Gasteiger partial charge in [-0.25, -0.2) is 4.79 Å². The molecule has 2 rings (SSSR count). The second kappa shape index (κ2) is 6.28. The highest BCUT2D eigenvalue weighted by molar-refractivity contribution is 6.57. The van der Waals surface area contributed by atoms with Gasteiger partial charge in [0.05, 0.1) is 27.9 Å². The SMILES string of the molecule is CCOC(=O)/C=C/CN1C(=O)C(=O)c2c(Cl)ccc(Cl)c21. The molecule has 0 unspecified atom stereocenters. The van der Waals surface area contributed by atoms with E-state index < -0.39 is 17.7 Å². The van der Waals surface area contributed by atoms with Gasteiger partial charge in [0.2, 0.25) is 0 Å². The number of hydrogen-bond acceptors (Lipinski definition) is 4. The zero-order valence-corrected chi connectivity index (χ0v) is 12.6. The standard InChI is InChI=1S/C14H11Cl2NO4/c1-2-21-10(18)4-3-7-17-12-9(16)6-5-8(15)11(12)13(19)14(17)20/h3-6H,2,7H2,1H3/b4-3+. The van der Waals surface area contributed by atoms with Crippen LogP contribution in [0.1, 0.15) is 17.3 Å². The Hall–Kier alpha value is -1.85. The molecule has 0 fully saturated rings. The molecule has 1 amide bonds. The number of hydrogen-bond donors (Lipinski definition) is 0. The van der Waals surface area contributed by atoms with Gasteiger partial charge in [-0.1, -0.05) is 29.3 Å². The maximum Gasteiger partial charge on any atom is 0.330 e. The van der Waals surface area contributed by atoms with Crippen LogP contribution in [0.4, 0.5) is 5.69 Å². The normalized spacial score (nSPS) is 14.0. The molecule has 0 spiro atoms. The highest BCUT2D eigenvalue weighted by Gasteiger charge is 2.38. The topological polar surface area (TPSA) is 63.7 Å². The van der Waals surface area contributed by atoms with E-state index in [2.05, 4.69) is 0 Å². The Morgan fingerprint density at radius 1 is 1.29 bits per heavy atom. The molecule has 5 nitrogen and oxygen atoms in total.